The van der Waals surface area contributed by atoms with Crippen LogP contribution in [-0.2, 0) is 0 Å². The third-order valence-corrected chi connectivity index (χ3v) is 2.71. The molecule has 2 rings (SSSR count). The van der Waals surface area contributed by atoms with E-state index in [4.69, 9.17) is 0 Å². The van der Waals surface area contributed by atoms with Gasteiger partial charge in [-0.05, 0) is 19.8 Å². The Morgan fingerprint density at radius 3 is 2.67 bits per heavy atom. The lowest BCUT2D eigenvalue weighted by Crippen LogP contribution is -2.05. The van der Waals surface area contributed by atoms with E-state index in [-0.39, 0.29) is 0 Å². The lowest BCUT2D eigenvalue weighted by molar-refractivity contribution is 0.430. The van der Waals surface area contributed by atoms with Crippen LogP contribution in [0.2, 0.25) is 0 Å². The van der Waals surface area contributed by atoms with Gasteiger partial charge in [0.05, 0.1) is 0 Å². The van der Waals surface area contributed by atoms with E-state index in [1.54, 1.807) is 0 Å². The third-order valence-electron chi connectivity index (χ3n) is 2.71. The molecule has 1 aromatic rings. The number of imidazole rings is 1. The number of H-pyrrole nitrogens is 1. The van der Waals surface area contributed by atoms with Gasteiger partial charge >= 0.3 is 0 Å². The number of hydrogen-bond donors (Lipinski definition) is 1. The fourth-order valence-corrected chi connectivity index (χ4v) is 2.02. The highest BCUT2D eigenvalue weighted by Gasteiger charge is 2.17. The maximum absolute atomic E-state index is 4.38. The van der Waals surface area contributed by atoms with E-state index in [2.05, 4.69) is 16.9 Å². The van der Waals surface area contributed by atoms with Crippen molar-refractivity contribution in [3.8, 4) is 0 Å². The molecule has 0 bridgehead atoms. The molecule has 1 aromatic heterocycles. The normalized spacial score (nSPS) is 19.8. The minimum atomic E-state index is 0.715. The molecule has 0 amide bonds. The summed E-state index contributed by atoms with van der Waals surface area (Å²) in [4.78, 5) is 7.72. The van der Waals surface area contributed by atoms with E-state index in [0.717, 1.165) is 0 Å². The van der Waals surface area contributed by atoms with Crippen molar-refractivity contribution in [2.45, 2.75) is 44.9 Å². The monoisotopic (exact) mass is 164 g/mol. The first-order valence-electron chi connectivity index (χ1n) is 4.88. The predicted molar refractivity (Wildman–Crippen MR) is 49.2 cm³/mol. The second kappa shape index (κ2) is 3.30. The molecule has 1 heterocycles. The first kappa shape index (κ1) is 7.84. The molecule has 0 unspecified atom stereocenters. The fraction of sp³-hybridized carbons (Fsp3) is 0.700. The Morgan fingerprint density at radius 2 is 2.08 bits per heavy atom. The van der Waals surface area contributed by atoms with Crippen LogP contribution in [0.4, 0.5) is 0 Å². The van der Waals surface area contributed by atoms with Gasteiger partial charge in [-0.25, -0.2) is 4.98 Å². The van der Waals surface area contributed by atoms with Crippen molar-refractivity contribution in [1.82, 2.24) is 9.97 Å². The van der Waals surface area contributed by atoms with Crippen LogP contribution in [0, 0.1) is 6.92 Å². The fourth-order valence-electron chi connectivity index (χ4n) is 2.02. The van der Waals surface area contributed by atoms with Crippen molar-refractivity contribution in [2.24, 2.45) is 0 Å². The zero-order chi connectivity index (χ0) is 8.39. The van der Waals surface area contributed by atoms with E-state index in [0.29, 0.717) is 5.92 Å². The van der Waals surface area contributed by atoms with Crippen LogP contribution >= 0.6 is 0 Å². The van der Waals surface area contributed by atoms with Crippen molar-refractivity contribution < 1.29 is 0 Å². The number of nitrogens with zero attached hydrogens (tertiary/aromatic N) is 1. The molecule has 0 spiro atoms. The number of hydrogen-bond acceptors (Lipinski definition) is 1. The molecule has 12 heavy (non-hydrogen) atoms. The number of aromatic nitrogens is 2. The Kier molecular flexibility index (Phi) is 2.15. The molecule has 1 N–H and O–H groups in total. The second-order valence-electron chi connectivity index (χ2n) is 3.79. The smallest absolute Gasteiger partial charge is 0.109 e. The molecule has 0 aromatic carbocycles. The van der Waals surface area contributed by atoms with Gasteiger partial charge in [-0.3, -0.25) is 0 Å². The van der Waals surface area contributed by atoms with E-state index in [1.165, 1.54) is 43.6 Å². The van der Waals surface area contributed by atoms with E-state index >= 15 is 0 Å². The summed E-state index contributed by atoms with van der Waals surface area (Å²) in [5.74, 6) is 1.93. The van der Waals surface area contributed by atoms with Crippen LogP contribution in [0.5, 0.6) is 0 Å². The summed E-state index contributed by atoms with van der Waals surface area (Å²) in [5.41, 5.74) is 1.19. The maximum atomic E-state index is 4.38. The van der Waals surface area contributed by atoms with Crippen molar-refractivity contribution in [3.05, 3.63) is 17.7 Å². The van der Waals surface area contributed by atoms with E-state index < -0.39 is 0 Å². The summed E-state index contributed by atoms with van der Waals surface area (Å²) in [5, 5.41) is 0. The second-order valence-corrected chi connectivity index (χ2v) is 3.79. The van der Waals surface area contributed by atoms with Gasteiger partial charge in [-0.2, -0.15) is 0 Å². The lowest BCUT2D eigenvalue weighted by atomic mass is 9.89. The summed E-state index contributed by atoms with van der Waals surface area (Å²) in [7, 11) is 0. The SMILES string of the molecule is Cc1cnc(C2CCCCC2)[nH]1. The van der Waals surface area contributed by atoms with Crippen molar-refractivity contribution in [1.29, 1.82) is 0 Å². The molecular weight excluding hydrogens is 148 g/mol. The molecular formula is C10H16N2. The first-order valence-corrected chi connectivity index (χ1v) is 4.88. The van der Waals surface area contributed by atoms with Crippen LogP contribution in [0.3, 0.4) is 0 Å². The molecule has 1 fully saturated rings. The topological polar surface area (TPSA) is 28.7 Å². The Hall–Kier alpha value is -0.790. The average molecular weight is 164 g/mol. The van der Waals surface area contributed by atoms with Gasteiger partial charge in [0.15, 0.2) is 0 Å². The van der Waals surface area contributed by atoms with Crippen molar-refractivity contribution in [3.63, 3.8) is 0 Å². The van der Waals surface area contributed by atoms with Crippen molar-refractivity contribution >= 4 is 0 Å². The molecule has 0 aliphatic heterocycles. The van der Waals surface area contributed by atoms with Gasteiger partial charge in [0.25, 0.3) is 0 Å². The molecule has 1 saturated carbocycles. The Labute approximate surface area is 73.4 Å². The molecule has 66 valence electrons. The Morgan fingerprint density at radius 1 is 1.33 bits per heavy atom. The van der Waals surface area contributed by atoms with Gasteiger partial charge in [0, 0.05) is 17.8 Å². The van der Waals surface area contributed by atoms with E-state index in [9.17, 15) is 0 Å². The maximum Gasteiger partial charge on any atom is 0.109 e. The number of nitrogens with one attached hydrogen (secondary N) is 1. The average Bonchev–Trinajstić information content (AvgIpc) is 2.54. The summed E-state index contributed by atoms with van der Waals surface area (Å²) in [6.45, 7) is 2.07. The minimum Gasteiger partial charge on any atom is -0.346 e. The van der Waals surface area contributed by atoms with Gasteiger partial charge in [-0.15, -0.1) is 0 Å². The van der Waals surface area contributed by atoms with Crippen molar-refractivity contribution in [2.75, 3.05) is 0 Å². The van der Waals surface area contributed by atoms with Crippen LogP contribution in [0.1, 0.15) is 49.5 Å². The Balaban J connectivity index is 2.08. The Bertz CT molecular complexity index is 246. The lowest BCUT2D eigenvalue weighted by Gasteiger charge is -2.19. The van der Waals surface area contributed by atoms with E-state index in [1.807, 2.05) is 6.20 Å². The quantitative estimate of drug-likeness (QED) is 0.679. The molecule has 2 nitrogen and oxygen atoms in total. The minimum absolute atomic E-state index is 0.715. The van der Waals surface area contributed by atoms with Gasteiger partial charge in [0.1, 0.15) is 5.82 Å². The molecule has 0 saturated heterocycles. The largest absolute Gasteiger partial charge is 0.346 e. The van der Waals surface area contributed by atoms with Crippen LogP contribution < -0.4 is 0 Å². The van der Waals surface area contributed by atoms with Crippen LogP contribution in [0.15, 0.2) is 6.20 Å². The summed E-state index contributed by atoms with van der Waals surface area (Å²) >= 11 is 0. The molecule has 1 aliphatic carbocycles. The molecule has 2 heteroatoms. The standard InChI is InChI=1S/C10H16N2/c1-8-7-11-10(12-8)9-5-3-2-4-6-9/h7,9H,2-6H2,1H3,(H,11,12). The van der Waals surface area contributed by atoms with Gasteiger partial charge in [-0.1, -0.05) is 19.3 Å². The molecule has 0 radical (unpaired) electrons. The summed E-state index contributed by atoms with van der Waals surface area (Å²) in [6, 6.07) is 0. The highest BCUT2D eigenvalue weighted by atomic mass is 14.9. The van der Waals surface area contributed by atoms with Crippen LogP contribution in [0.25, 0.3) is 0 Å². The highest BCUT2D eigenvalue weighted by molar-refractivity contribution is 5.04. The number of rotatable bonds is 1. The summed E-state index contributed by atoms with van der Waals surface area (Å²) in [6.07, 6.45) is 8.76. The van der Waals surface area contributed by atoms with Crippen LogP contribution in [-0.4, -0.2) is 9.97 Å². The first-order chi connectivity index (χ1) is 5.86. The zero-order valence-electron chi connectivity index (χ0n) is 7.64. The van der Waals surface area contributed by atoms with Gasteiger partial charge < -0.3 is 4.98 Å². The molecule has 0 atom stereocenters. The number of aryl methyl sites for hydroxylation is 1. The highest BCUT2D eigenvalue weighted by Crippen LogP contribution is 2.30. The number of aromatic amines is 1. The summed E-state index contributed by atoms with van der Waals surface area (Å²) < 4.78 is 0. The molecule has 1 aliphatic rings. The predicted octanol–water partition coefficient (Wildman–Crippen LogP) is 2.77. The van der Waals surface area contributed by atoms with Gasteiger partial charge in [0.2, 0.25) is 0 Å². The third kappa shape index (κ3) is 1.52. The zero-order valence-corrected chi connectivity index (χ0v) is 7.64.